The average Bonchev–Trinajstić information content (AvgIpc) is 2.01. The van der Waals surface area contributed by atoms with Crippen LogP contribution in [0.4, 0.5) is 0 Å². The van der Waals surface area contributed by atoms with Gasteiger partial charge in [0.2, 0.25) is 5.91 Å². The van der Waals surface area contributed by atoms with E-state index in [4.69, 9.17) is 5.73 Å². The topological polar surface area (TPSA) is 80.5 Å². The van der Waals surface area contributed by atoms with Gasteiger partial charge in [0.1, 0.15) is 5.75 Å². The molecule has 0 aliphatic heterocycles. The van der Waals surface area contributed by atoms with E-state index in [2.05, 4.69) is 0 Å². The molecule has 0 aromatic carbocycles. The van der Waals surface area contributed by atoms with E-state index in [1.807, 2.05) is 0 Å². The van der Waals surface area contributed by atoms with Crippen molar-refractivity contribution in [3.05, 3.63) is 0 Å². The van der Waals surface area contributed by atoms with Gasteiger partial charge in [-0.2, -0.15) is 0 Å². The predicted octanol–water partition coefficient (Wildman–Crippen LogP) is -1.16. The van der Waals surface area contributed by atoms with Crippen molar-refractivity contribution in [3.63, 3.8) is 0 Å². The van der Waals surface area contributed by atoms with Gasteiger partial charge in [0.25, 0.3) is 0 Å². The maximum Gasteiger partial charge on any atom is 0.237 e. The summed E-state index contributed by atoms with van der Waals surface area (Å²) in [7, 11) is -1.73. The summed E-state index contributed by atoms with van der Waals surface area (Å²) in [6, 6.07) is 0. The summed E-state index contributed by atoms with van der Waals surface area (Å²) in [5.41, 5.74) is 5.09. The highest BCUT2D eigenvalue weighted by Crippen LogP contribution is 1.93. The minimum atomic E-state index is -3.30. The van der Waals surface area contributed by atoms with Crippen LogP contribution in [0.25, 0.3) is 0 Å². The highest BCUT2D eigenvalue weighted by molar-refractivity contribution is 7.92. The fourth-order valence-electron chi connectivity index (χ4n) is 0.726. The van der Waals surface area contributed by atoms with Gasteiger partial charge in [0, 0.05) is 20.1 Å². The van der Waals surface area contributed by atoms with Crippen LogP contribution in [0.5, 0.6) is 0 Å². The summed E-state index contributed by atoms with van der Waals surface area (Å²) in [5.74, 6) is -0.943. The average molecular weight is 208 g/mol. The smallest absolute Gasteiger partial charge is 0.237 e. The van der Waals surface area contributed by atoms with Gasteiger partial charge < -0.3 is 10.6 Å². The lowest BCUT2D eigenvalue weighted by Crippen LogP contribution is -2.34. The largest absolute Gasteiger partial charge is 0.345 e. The molecule has 0 aliphatic carbocycles. The molecule has 6 heteroatoms. The quantitative estimate of drug-likeness (QED) is 0.618. The number of hydrogen-bond acceptors (Lipinski definition) is 4. The summed E-state index contributed by atoms with van der Waals surface area (Å²) in [4.78, 5) is 12.5. The molecule has 78 valence electrons. The van der Waals surface area contributed by atoms with Crippen LogP contribution in [0.1, 0.15) is 6.92 Å². The van der Waals surface area contributed by atoms with Crippen molar-refractivity contribution in [1.29, 1.82) is 0 Å². The predicted molar refractivity (Wildman–Crippen MR) is 51.0 cm³/mol. The molecule has 0 radical (unpaired) electrons. The Balaban J connectivity index is 4.20. The normalized spacial score (nSPS) is 11.3. The second-order valence-corrected chi connectivity index (χ2v) is 4.97. The molecule has 0 fully saturated rings. The number of amides is 1. The van der Waals surface area contributed by atoms with Crippen molar-refractivity contribution in [2.45, 2.75) is 6.92 Å². The van der Waals surface area contributed by atoms with Crippen LogP contribution in [0, 0.1) is 0 Å². The van der Waals surface area contributed by atoms with Crippen molar-refractivity contribution < 1.29 is 13.2 Å². The molecule has 0 aliphatic rings. The van der Waals surface area contributed by atoms with E-state index >= 15 is 0 Å². The van der Waals surface area contributed by atoms with E-state index < -0.39 is 15.6 Å². The zero-order valence-corrected chi connectivity index (χ0v) is 8.80. The van der Waals surface area contributed by atoms with E-state index in [1.165, 1.54) is 4.90 Å². The van der Waals surface area contributed by atoms with Crippen LogP contribution < -0.4 is 5.73 Å². The Labute approximate surface area is 78.8 Å². The second kappa shape index (κ2) is 5.18. The van der Waals surface area contributed by atoms with Gasteiger partial charge in [-0.05, 0) is 6.92 Å². The molecule has 0 saturated heterocycles. The Morgan fingerprint density at radius 1 is 1.46 bits per heavy atom. The first-order valence-corrected chi connectivity index (χ1v) is 5.89. The van der Waals surface area contributed by atoms with Gasteiger partial charge in [-0.15, -0.1) is 0 Å². The van der Waals surface area contributed by atoms with Crippen LogP contribution in [0.15, 0.2) is 0 Å². The highest BCUT2D eigenvalue weighted by Gasteiger charge is 2.17. The van der Waals surface area contributed by atoms with Crippen molar-refractivity contribution >= 4 is 15.7 Å². The zero-order valence-electron chi connectivity index (χ0n) is 7.99. The van der Waals surface area contributed by atoms with Gasteiger partial charge in [0.15, 0.2) is 9.84 Å². The lowest BCUT2D eigenvalue weighted by molar-refractivity contribution is -0.126. The standard InChI is InChI=1S/C7H16N2O3S/c1-3-9(2)7(10)6-13(11,12)5-4-8/h3-6,8H2,1-2H3. The molecule has 0 heterocycles. The minimum absolute atomic E-state index is 0.0610. The van der Waals surface area contributed by atoms with E-state index in [9.17, 15) is 13.2 Å². The zero-order chi connectivity index (χ0) is 10.5. The molecule has 0 saturated carbocycles. The van der Waals surface area contributed by atoms with Crippen LogP contribution in [0.2, 0.25) is 0 Å². The molecule has 0 aromatic rings. The molecular weight excluding hydrogens is 192 g/mol. The van der Waals surface area contributed by atoms with Gasteiger partial charge >= 0.3 is 0 Å². The molecule has 0 bridgehead atoms. The van der Waals surface area contributed by atoms with E-state index in [-0.39, 0.29) is 18.2 Å². The van der Waals surface area contributed by atoms with Crippen LogP contribution in [-0.4, -0.2) is 50.9 Å². The second-order valence-electron chi connectivity index (χ2n) is 2.79. The Bertz CT molecular complexity index is 261. The van der Waals surface area contributed by atoms with E-state index in [1.54, 1.807) is 14.0 Å². The molecule has 2 N–H and O–H groups in total. The van der Waals surface area contributed by atoms with Crippen molar-refractivity contribution in [3.8, 4) is 0 Å². The van der Waals surface area contributed by atoms with Crippen molar-refractivity contribution in [2.24, 2.45) is 5.73 Å². The van der Waals surface area contributed by atoms with Gasteiger partial charge in [-0.1, -0.05) is 0 Å². The molecule has 0 rings (SSSR count). The molecule has 0 spiro atoms. The summed E-state index contributed by atoms with van der Waals surface area (Å²) in [6.45, 7) is 2.36. The number of rotatable bonds is 5. The summed E-state index contributed by atoms with van der Waals surface area (Å²) in [5, 5.41) is 0. The molecule has 0 aromatic heterocycles. The molecule has 0 atom stereocenters. The molecule has 13 heavy (non-hydrogen) atoms. The lowest BCUT2D eigenvalue weighted by Gasteiger charge is -2.13. The number of carbonyl (C=O) groups excluding carboxylic acids is 1. The number of nitrogens with zero attached hydrogens (tertiary/aromatic N) is 1. The van der Waals surface area contributed by atoms with E-state index in [0.29, 0.717) is 6.54 Å². The fraction of sp³-hybridized carbons (Fsp3) is 0.857. The monoisotopic (exact) mass is 208 g/mol. The first-order chi connectivity index (χ1) is 5.93. The Morgan fingerprint density at radius 2 is 2.00 bits per heavy atom. The number of hydrogen-bond donors (Lipinski definition) is 1. The van der Waals surface area contributed by atoms with Gasteiger partial charge in [-0.3, -0.25) is 4.79 Å². The van der Waals surface area contributed by atoms with Crippen molar-refractivity contribution in [2.75, 3.05) is 31.6 Å². The molecule has 1 amide bonds. The Morgan fingerprint density at radius 3 is 2.38 bits per heavy atom. The third-order valence-corrected chi connectivity index (χ3v) is 3.22. The van der Waals surface area contributed by atoms with Gasteiger partial charge in [-0.25, -0.2) is 8.42 Å². The van der Waals surface area contributed by atoms with Crippen LogP contribution in [0.3, 0.4) is 0 Å². The first-order valence-electron chi connectivity index (χ1n) is 4.07. The third-order valence-electron chi connectivity index (χ3n) is 1.67. The first kappa shape index (κ1) is 12.4. The Hall–Kier alpha value is -0.620. The fourth-order valence-corrected chi connectivity index (χ4v) is 1.83. The molecule has 5 nitrogen and oxygen atoms in total. The number of sulfone groups is 1. The van der Waals surface area contributed by atoms with Crippen LogP contribution >= 0.6 is 0 Å². The summed E-state index contributed by atoms with van der Waals surface area (Å²) < 4.78 is 22.3. The summed E-state index contributed by atoms with van der Waals surface area (Å²) in [6.07, 6.45) is 0. The molecule has 0 unspecified atom stereocenters. The van der Waals surface area contributed by atoms with Crippen LogP contribution in [-0.2, 0) is 14.6 Å². The minimum Gasteiger partial charge on any atom is -0.345 e. The van der Waals surface area contributed by atoms with Gasteiger partial charge in [0.05, 0.1) is 5.75 Å². The third kappa shape index (κ3) is 4.84. The SMILES string of the molecule is CCN(C)C(=O)CS(=O)(=O)CCN. The lowest BCUT2D eigenvalue weighted by atomic mass is 10.5. The number of carbonyl (C=O) groups is 1. The maximum atomic E-state index is 11.2. The maximum absolute atomic E-state index is 11.2. The van der Waals surface area contributed by atoms with E-state index in [0.717, 1.165) is 0 Å². The highest BCUT2D eigenvalue weighted by atomic mass is 32.2. The summed E-state index contributed by atoms with van der Waals surface area (Å²) >= 11 is 0. The van der Waals surface area contributed by atoms with Crippen molar-refractivity contribution in [1.82, 2.24) is 4.90 Å². The molecular formula is C7H16N2O3S. The Kier molecular flexibility index (Phi) is 4.94. The number of nitrogens with two attached hydrogens (primary N) is 1.